The molecule has 168 valence electrons. The van der Waals surface area contributed by atoms with Crippen molar-refractivity contribution in [3.63, 3.8) is 0 Å². The van der Waals surface area contributed by atoms with E-state index >= 15 is 0 Å². The number of para-hydroxylation sites is 1. The van der Waals surface area contributed by atoms with Gasteiger partial charge in [-0.05, 0) is 48.6 Å². The van der Waals surface area contributed by atoms with Crippen molar-refractivity contribution in [3.8, 4) is 5.75 Å². The van der Waals surface area contributed by atoms with Crippen molar-refractivity contribution in [2.24, 2.45) is 0 Å². The maximum absolute atomic E-state index is 13.2. The Kier molecular flexibility index (Phi) is 8.20. The van der Waals surface area contributed by atoms with E-state index in [1.54, 1.807) is 6.07 Å². The molecule has 0 aliphatic rings. The molecule has 0 radical (unpaired) electrons. The Morgan fingerprint density at radius 1 is 1.06 bits per heavy atom. The molecule has 9 heteroatoms. The van der Waals surface area contributed by atoms with Gasteiger partial charge in [-0.15, -0.1) is 11.8 Å². The first kappa shape index (κ1) is 24.1. The highest BCUT2D eigenvalue weighted by atomic mass is 35.5. The molecule has 32 heavy (non-hydrogen) atoms. The van der Waals surface area contributed by atoms with Gasteiger partial charge < -0.3 is 10.1 Å². The van der Waals surface area contributed by atoms with Crippen LogP contribution in [0.2, 0.25) is 5.02 Å². The zero-order valence-electron chi connectivity index (χ0n) is 17.5. The van der Waals surface area contributed by atoms with E-state index in [0.717, 1.165) is 10.5 Å². The maximum atomic E-state index is 13.2. The number of carbonyl (C=O) groups is 1. The Bertz CT molecular complexity index is 1190. The molecule has 0 aromatic heterocycles. The van der Waals surface area contributed by atoms with Crippen LogP contribution in [0.5, 0.6) is 5.75 Å². The van der Waals surface area contributed by atoms with Gasteiger partial charge in [0.1, 0.15) is 11.8 Å². The number of anilines is 1. The number of ether oxygens (including phenoxy) is 1. The Morgan fingerprint density at radius 3 is 2.41 bits per heavy atom. The topological polar surface area (TPSA) is 84.5 Å². The van der Waals surface area contributed by atoms with E-state index in [-0.39, 0.29) is 16.3 Å². The minimum Gasteiger partial charge on any atom is -0.495 e. The number of carbonyl (C=O) groups excluding carboxylic acids is 1. The molecule has 0 bridgehead atoms. The summed E-state index contributed by atoms with van der Waals surface area (Å²) in [7, 11) is -2.59. The van der Waals surface area contributed by atoms with E-state index < -0.39 is 22.0 Å². The molecule has 0 saturated carbocycles. The molecule has 0 aliphatic carbocycles. The van der Waals surface area contributed by atoms with Crippen LogP contribution in [0.4, 0.5) is 5.69 Å². The summed E-state index contributed by atoms with van der Waals surface area (Å²) >= 11 is 7.59. The predicted octanol–water partition coefficient (Wildman–Crippen LogP) is 4.60. The van der Waals surface area contributed by atoms with Gasteiger partial charge in [0, 0.05) is 4.90 Å². The third-order valence-corrected chi connectivity index (χ3v) is 7.26. The van der Waals surface area contributed by atoms with E-state index in [9.17, 15) is 13.2 Å². The number of hydrogen-bond donors (Lipinski definition) is 2. The van der Waals surface area contributed by atoms with Gasteiger partial charge in [0.05, 0.1) is 22.7 Å². The third-order valence-electron chi connectivity index (χ3n) is 4.69. The number of rotatable bonds is 9. The van der Waals surface area contributed by atoms with Crippen molar-refractivity contribution < 1.29 is 17.9 Å². The van der Waals surface area contributed by atoms with Crippen molar-refractivity contribution in [2.45, 2.75) is 22.3 Å². The summed E-state index contributed by atoms with van der Waals surface area (Å²) in [4.78, 5) is 14.0. The summed E-state index contributed by atoms with van der Waals surface area (Å²) < 4.78 is 33.8. The lowest BCUT2D eigenvalue weighted by Crippen LogP contribution is -2.45. The normalized spacial score (nSPS) is 12.2. The highest BCUT2D eigenvalue weighted by Crippen LogP contribution is 2.28. The first-order valence-electron chi connectivity index (χ1n) is 9.67. The fraction of sp³-hybridized carbons (Fsp3) is 0.174. The molecule has 1 atom stereocenters. The van der Waals surface area contributed by atoms with Crippen LogP contribution in [0.1, 0.15) is 5.56 Å². The number of sulfonamides is 1. The van der Waals surface area contributed by atoms with Crippen molar-refractivity contribution in [1.82, 2.24) is 4.72 Å². The first-order valence-corrected chi connectivity index (χ1v) is 12.8. The molecule has 3 aromatic rings. The minimum atomic E-state index is -4.04. The van der Waals surface area contributed by atoms with Crippen LogP contribution in [0.3, 0.4) is 0 Å². The van der Waals surface area contributed by atoms with Crippen molar-refractivity contribution in [2.75, 3.05) is 18.7 Å². The van der Waals surface area contributed by atoms with Crippen molar-refractivity contribution in [1.29, 1.82) is 0 Å². The second kappa shape index (κ2) is 10.9. The van der Waals surface area contributed by atoms with E-state index in [1.165, 1.54) is 37.1 Å². The fourth-order valence-electron chi connectivity index (χ4n) is 3.08. The van der Waals surface area contributed by atoms with E-state index in [0.29, 0.717) is 11.4 Å². The van der Waals surface area contributed by atoms with Gasteiger partial charge in [-0.1, -0.05) is 54.1 Å². The van der Waals surface area contributed by atoms with Crippen LogP contribution in [-0.4, -0.2) is 33.7 Å². The number of thioether (sulfide) groups is 1. The standard InChI is InChI=1S/C23H23ClN2O4S2/c1-30-21-13-12-17(15-18(21)24)32(28,29)26-20(14-16-8-4-3-5-9-16)23(27)25-19-10-6-7-11-22(19)31-2/h3-13,15,20,26H,14H2,1-2H3,(H,25,27)/t20-/m0/s1. The second-order valence-electron chi connectivity index (χ2n) is 6.85. The summed E-state index contributed by atoms with van der Waals surface area (Å²) in [5.41, 5.74) is 1.44. The zero-order chi connectivity index (χ0) is 23.1. The van der Waals surface area contributed by atoms with Crippen molar-refractivity contribution in [3.05, 3.63) is 83.4 Å². The van der Waals surface area contributed by atoms with Gasteiger partial charge in [0.25, 0.3) is 0 Å². The average molecular weight is 491 g/mol. The summed E-state index contributed by atoms with van der Waals surface area (Å²) in [6.45, 7) is 0. The summed E-state index contributed by atoms with van der Waals surface area (Å²) in [5, 5.41) is 3.01. The molecule has 3 aromatic carbocycles. The summed E-state index contributed by atoms with van der Waals surface area (Å²) in [6.07, 6.45) is 2.08. The maximum Gasteiger partial charge on any atom is 0.242 e. The van der Waals surface area contributed by atoms with E-state index in [2.05, 4.69) is 10.0 Å². The Balaban J connectivity index is 1.90. The molecule has 6 nitrogen and oxygen atoms in total. The molecule has 0 heterocycles. The van der Waals surface area contributed by atoms with Gasteiger partial charge in [0.2, 0.25) is 15.9 Å². The highest BCUT2D eigenvalue weighted by Gasteiger charge is 2.27. The van der Waals surface area contributed by atoms with Crippen LogP contribution in [0.25, 0.3) is 0 Å². The average Bonchev–Trinajstić information content (AvgIpc) is 2.79. The number of benzene rings is 3. The lowest BCUT2D eigenvalue weighted by atomic mass is 10.1. The molecule has 2 N–H and O–H groups in total. The molecule has 3 rings (SSSR count). The largest absolute Gasteiger partial charge is 0.495 e. The number of hydrogen-bond acceptors (Lipinski definition) is 5. The lowest BCUT2D eigenvalue weighted by molar-refractivity contribution is -0.117. The second-order valence-corrected chi connectivity index (χ2v) is 9.82. The lowest BCUT2D eigenvalue weighted by Gasteiger charge is -2.20. The summed E-state index contributed by atoms with van der Waals surface area (Å²) in [6, 6.07) is 19.7. The Labute approximate surface area is 197 Å². The van der Waals surface area contributed by atoms with Gasteiger partial charge >= 0.3 is 0 Å². The monoisotopic (exact) mass is 490 g/mol. The molecule has 0 fully saturated rings. The quantitative estimate of drug-likeness (QED) is 0.428. The first-order chi connectivity index (χ1) is 15.3. The zero-order valence-corrected chi connectivity index (χ0v) is 19.9. The van der Waals surface area contributed by atoms with Crippen LogP contribution in [0.15, 0.2) is 82.6 Å². The van der Waals surface area contributed by atoms with Crippen LogP contribution in [-0.2, 0) is 21.2 Å². The van der Waals surface area contributed by atoms with Crippen LogP contribution < -0.4 is 14.8 Å². The molecule has 0 saturated heterocycles. The Hall–Kier alpha value is -2.52. The van der Waals surface area contributed by atoms with E-state index in [1.807, 2.05) is 54.8 Å². The summed E-state index contributed by atoms with van der Waals surface area (Å²) in [5.74, 6) is -0.101. The molecule has 0 unspecified atom stereocenters. The van der Waals surface area contributed by atoms with Crippen LogP contribution in [0, 0.1) is 0 Å². The van der Waals surface area contributed by atoms with Gasteiger partial charge in [-0.2, -0.15) is 4.72 Å². The number of amides is 1. The molecular weight excluding hydrogens is 468 g/mol. The number of nitrogens with one attached hydrogen (secondary N) is 2. The minimum absolute atomic E-state index is 0.0568. The fourth-order valence-corrected chi connectivity index (χ4v) is 5.17. The Morgan fingerprint density at radius 2 is 1.75 bits per heavy atom. The molecular formula is C23H23ClN2O4S2. The molecule has 0 aliphatic heterocycles. The molecule has 0 spiro atoms. The smallest absolute Gasteiger partial charge is 0.242 e. The predicted molar refractivity (Wildman–Crippen MR) is 129 cm³/mol. The number of methoxy groups -OCH3 is 1. The van der Waals surface area contributed by atoms with E-state index in [4.69, 9.17) is 16.3 Å². The number of halogens is 1. The SMILES string of the molecule is COc1ccc(S(=O)(=O)N[C@@H](Cc2ccccc2)C(=O)Nc2ccccc2SC)cc1Cl. The van der Waals surface area contributed by atoms with Gasteiger partial charge in [-0.3, -0.25) is 4.79 Å². The third kappa shape index (κ3) is 6.04. The van der Waals surface area contributed by atoms with Gasteiger partial charge in [0.15, 0.2) is 0 Å². The van der Waals surface area contributed by atoms with Crippen LogP contribution >= 0.6 is 23.4 Å². The van der Waals surface area contributed by atoms with Gasteiger partial charge in [-0.25, -0.2) is 8.42 Å². The van der Waals surface area contributed by atoms with Crippen molar-refractivity contribution >= 4 is 45.0 Å². The highest BCUT2D eigenvalue weighted by molar-refractivity contribution is 7.98. The molecule has 1 amide bonds.